The Morgan fingerprint density at radius 1 is 0.806 bits per heavy atom. The molecule has 0 amide bonds. The van der Waals surface area contributed by atoms with Crippen molar-refractivity contribution in [1.82, 2.24) is 0 Å². The third-order valence-corrected chi connectivity index (χ3v) is 6.35. The van der Waals surface area contributed by atoms with Gasteiger partial charge >= 0.3 is 0 Å². The van der Waals surface area contributed by atoms with Crippen molar-refractivity contribution in [1.29, 1.82) is 5.26 Å². The van der Waals surface area contributed by atoms with Gasteiger partial charge in [0.05, 0.1) is 11.2 Å². The van der Waals surface area contributed by atoms with E-state index in [9.17, 15) is 5.26 Å². The monoisotopic (exact) mass is 510 g/mol. The summed E-state index contributed by atoms with van der Waals surface area (Å²) in [6, 6.07) is 27.0. The molecule has 0 unspecified atom stereocenters. The Labute approximate surface area is 219 Å². The molecule has 0 N–H and O–H groups in total. The summed E-state index contributed by atoms with van der Waals surface area (Å²) in [7, 11) is 0. The fraction of sp³-hybridized carbons (Fsp3) is 0.0667. The molecular formula is C30H20Cl2N2O2. The maximum atomic E-state index is 10.1. The van der Waals surface area contributed by atoms with Crippen molar-refractivity contribution in [2.24, 2.45) is 4.99 Å². The molecule has 2 heterocycles. The second kappa shape index (κ2) is 9.91. The molecule has 0 bridgehead atoms. The predicted molar refractivity (Wildman–Crippen MR) is 145 cm³/mol. The summed E-state index contributed by atoms with van der Waals surface area (Å²) in [5.41, 5.74) is 5.76. The van der Waals surface area contributed by atoms with E-state index in [4.69, 9.17) is 32.0 Å². The Balaban J connectivity index is 1.58. The number of hydrogen-bond donors (Lipinski definition) is 0. The molecule has 6 heteroatoms. The van der Waals surface area contributed by atoms with E-state index in [1.165, 1.54) is 6.21 Å². The van der Waals surface area contributed by atoms with E-state index < -0.39 is 0 Å². The van der Waals surface area contributed by atoms with Gasteiger partial charge in [-0.2, -0.15) is 5.26 Å². The summed E-state index contributed by atoms with van der Waals surface area (Å²) in [5.74, 6) is 1.84. The number of benzene rings is 3. The minimum Gasteiger partial charge on any atom is -0.455 e. The van der Waals surface area contributed by atoms with Gasteiger partial charge in [-0.05, 0) is 49.7 Å². The van der Waals surface area contributed by atoms with E-state index in [2.05, 4.69) is 11.1 Å². The zero-order valence-electron chi connectivity index (χ0n) is 19.5. The second-order valence-electron chi connectivity index (χ2n) is 8.41. The van der Waals surface area contributed by atoms with E-state index in [0.717, 1.165) is 22.3 Å². The first-order chi connectivity index (χ1) is 17.4. The fourth-order valence-corrected chi connectivity index (χ4v) is 4.28. The average molecular weight is 511 g/mol. The van der Waals surface area contributed by atoms with Gasteiger partial charge in [0.1, 0.15) is 28.9 Å². The average Bonchev–Trinajstić information content (AvgIpc) is 3.50. The molecule has 4 nitrogen and oxygen atoms in total. The van der Waals surface area contributed by atoms with Gasteiger partial charge in [-0.25, -0.2) is 4.99 Å². The summed E-state index contributed by atoms with van der Waals surface area (Å²) < 4.78 is 12.1. The zero-order valence-corrected chi connectivity index (χ0v) is 21.1. The molecule has 3 aromatic carbocycles. The van der Waals surface area contributed by atoms with Crippen LogP contribution in [0.2, 0.25) is 10.0 Å². The summed E-state index contributed by atoms with van der Waals surface area (Å²) >= 11 is 12.4. The van der Waals surface area contributed by atoms with Crippen molar-refractivity contribution >= 4 is 35.3 Å². The maximum absolute atomic E-state index is 10.1. The molecule has 0 aliphatic rings. The number of aryl methyl sites for hydroxylation is 2. The van der Waals surface area contributed by atoms with Crippen molar-refractivity contribution in [3.8, 4) is 39.8 Å². The van der Waals surface area contributed by atoms with Crippen LogP contribution < -0.4 is 0 Å². The number of rotatable bonds is 5. The number of hydrogen-bond acceptors (Lipinski definition) is 4. The summed E-state index contributed by atoms with van der Waals surface area (Å²) in [6.07, 6.45) is 1.53. The van der Waals surface area contributed by atoms with Gasteiger partial charge in [0.25, 0.3) is 0 Å². The van der Waals surface area contributed by atoms with Gasteiger partial charge < -0.3 is 8.83 Å². The number of aliphatic imine (C=N–C) groups is 1. The van der Waals surface area contributed by atoms with Crippen LogP contribution in [0.3, 0.4) is 0 Å². The minimum atomic E-state index is 0.211. The highest BCUT2D eigenvalue weighted by molar-refractivity contribution is 6.35. The highest BCUT2D eigenvalue weighted by atomic mass is 35.5. The number of nitriles is 1. The molecule has 176 valence electrons. The SMILES string of the molecule is Cc1ccc(-c2oc(N=Cc3ccc(-c4cc(Cl)ccc4Cl)o3)c(C#N)c2-c2ccc(C)cc2)cc1. The van der Waals surface area contributed by atoms with Gasteiger partial charge in [-0.1, -0.05) is 82.9 Å². The first kappa shape index (κ1) is 23.7. The Bertz CT molecular complexity index is 1620. The number of furan rings is 2. The lowest BCUT2D eigenvalue weighted by atomic mass is 9.97. The number of halogens is 2. The highest BCUT2D eigenvalue weighted by Gasteiger charge is 2.23. The van der Waals surface area contributed by atoms with Crippen molar-refractivity contribution < 1.29 is 8.83 Å². The molecule has 0 aliphatic heterocycles. The van der Waals surface area contributed by atoms with E-state index in [1.807, 2.05) is 62.4 Å². The molecule has 0 saturated heterocycles. The topological polar surface area (TPSA) is 62.4 Å². The van der Waals surface area contributed by atoms with E-state index in [-0.39, 0.29) is 5.88 Å². The Morgan fingerprint density at radius 2 is 1.47 bits per heavy atom. The third kappa shape index (κ3) is 4.72. The van der Waals surface area contributed by atoms with Crippen molar-refractivity contribution in [2.75, 3.05) is 0 Å². The molecule has 0 saturated carbocycles. The Kier molecular flexibility index (Phi) is 6.52. The van der Waals surface area contributed by atoms with Crippen molar-refractivity contribution in [2.45, 2.75) is 13.8 Å². The minimum absolute atomic E-state index is 0.211. The van der Waals surface area contributed by atoms with Gasteiger partial charge in [0, 0.05) is 21.7 Å². The van der Waals surface area contributed by atoms with Gasteiger partial charge in [-0.15, -0.1) is 0 Å². The smallest absolute Gasteiger partial charge is 0.238 e. The molecular weight excluding hydrogens is 491 g/mol. The molecule has 5 rings (SSSR count). The van der Waals surface area contributed by atoms with Gasteiger partial charge in [0.2, 0.25) is 5.88 Å². The van der Waals surface area contributed by atoms with Crippen LogP contribution in [-0.2, 0) is 0 Å². The molecule has 0 atom stereocenters. The lowest BCUT2D eigenvalue weighted by molar-refractivity contribution is 0.572. The molecule has 0 aliphatic carbocycles. The number of nitrogens with zero attached hydrogens (tertiary/aromatic N) is 2. The standard InChI is InChI=1S/C30H20Cl2N2O2/c1-18-3-7-20(8-4-18)28-25(16-33)30(36-29(28)21-9-5-19(2)6-10-21)34-17-23-12-14-27(35-23)24-15-22(31)11-13-26(24)32/h3-15,17H,1-2H3. The van der Waals surface area contributed by atoms with Crippen molar-refractivity contribution in [3.05, 3.63) is 111 Å². The maximum Gasteiger partial charge on any atom is 0.238 e. The van der Waals surface area contributed by atoms with E-state index in [0.29, 0.717) is 44.0 Å². The fourth-order valence-electron chi connectivity index (χ4n) is 3.89. The summed E-state index contributed by atoms with van der Waals surface area (Å²) in [4.78, 5) is 4.49. The summed E-state index contributed by atoms with van der Waals surface area (Å²) in [6.45, 7) is 4.05. The van der Waals surface area contributed by atoms with Crippen LogP contribution in [0.15, 0.2) is 92.7 Å². The quantitative estimate of drug-likeness (QED) is 0.221. The van der Waals surface area contributed by atoms with Crippen LogP contribution in [0.25, 0.3) is 33.8 Å². The Morgan fingerprint density at radius 3 is 2.14 bits per heavy atom. The third-order valence-electron chi connectivity index (χ3n) is 5.79. The summed E-state index contributed by atoms with van der Waals surface area (Å²) in [5, 5.41) is 11.2. The molecule has 2 aromatic heterocycles. The molecule has 0 fully saturated rings. The van der Waals surface area contributed by atoms with Crippen LogP contribution in [0.5, 0.6) is 0 Å². The van der Waals surface area contributed by atoms with Crippen molar-refractivity contribution in [3.63, 3.8) is 0 Å². The predicted octanol–water partition coefficient (Wildman–Crippen LogP) is 9.42. The largest absolute Gasteiger partial charge is 0.455 e. The molecule has 5 aromatic rings. The van der Waals surface area contributed by atoms with Crippen LogP contribution in [0.1, 0.15) is 22.5 Å². The molecule has 0 spiro atoms. The lowest BCUT2D eigenvalue weighted by Crippen LogP contribution is -1.85. The van der Waals surface area contributed by atoms with Gasteiger partial charge in [0.15, 0.2) is 0 Å². The first-order valence-corrected chi connectivity index (χ1v) is 12.0. The van der Waals surface area contributed by atoms with E-state index in [1.54, 1.807) is 30.3 Å². The van der Waals surface area contributed by atoms with E-state index >= 15 is 0 Å². The normalized spacial score (nSPS) is 11.2. The van der Waals surface area contributed by atoms with Crippen LogP contribution in [0.4, 0.5) is 5.88 Å². The molecule has 36 heavy (non-hydrogen) atoms. The molecule has 0 radical (unpaired) electrons. The van der Waals surface area contributed by atoms with Crippen LogP contribution >= 0.6 is 23.2 Å². The lowest BCUT2D eigenvalue weighted by Gasteiger charge is -2.05. The zero-order chi connectivity index (χ0) is 25.2. The highest BCUT2D eigenvalue weighted by Crippen LogP contribution is 2.42. The Hall–Kier alpha value is -4.04. The van der Waals surface area contributed by atoms with Crippen LogP contribution in [0, 0.1) is 25.2 Å². The van der Waals surface area contributed by atoms with Crippen LogP contribution in [-0.4, -0.2) is 6.21 Å². The second-order valence-corrected chi connectivity index (χ2v) is 9.26. The van der Waals surface area contributed by atoms with Gasteiger partial charge in [-0.3, -0.25) is 0 Å². The first-order valence-electron chi connectivity index (χ1n) is 11.2.